The summed E-state index contributed by atoms with van der Waals surface area (Å²) in [7, 11) is 5.00. The molecule has 1 saturated carbocycles. The van der Waals surface area contributed by atoms with Crippen LogP contribution in [0.2, 0.25) is 0 Å². The van der Waals surface area contributed by atoms with Gasteiger partial charge in [0.2, 0.25) is 11.7 Å². The molecule has 29 heavy (non-hydrogen) atoms. The van der Waals surface area contributed by atoms with Crippen molar-refractivity contribution in [2.75, 3.05) is 34.4 Å². The number of carbonyl (C=O) groups excluding carboxylic acids is 3. The number of hydrogen-bond acceptors (Lipinski definition) is 6. The first kappa shape index (κ1) is 20.3. The number of rotatable bonds is 4. The van der Waals surface area contributed by atoms with Gasteiger partial charge in [-0.3, -0.25) is 19.3 Å². The third-order valence-electron chi connectivity index (χ3n) is 7.02. The summed E-state index contributed by atoms with van der Waals surface area (Å²) in [5.74, 6) is -0.0168. The fraction of sp³-hybridized carbons (Fsp3) is 0.682. The van der Waals surface area contributed by atoms with E-state index in [9.17, 15) is 14.4 Å². The molecule has 4 rings (SSSR count). The standard InChI is InChI=1S/C22H30N2O5/c1-12-18(25)16-15(19(26)20(12)28-4)14-10-23(2)22(27)17(24(14)3)21(16)29-11-13-8-6-5-7-9-13/h13-14,17,21H,5-11H2,1-4H3/t14-,17-,21-/m0/s1. The Bertz CT molecular complexity index is 808. The van der Waals surface area contributed by atoms with Crippen molar-refractivity contribution in [1.82, 2.24) is 9.80 Å². The molecule has 0 N–H and O–H groups in total. The minimum atomic E-state index is -0.728. The third-order valence-corrected chi connectivity index (χ3v) is 7.02. The minimum Gasteiger partial charge on any atom is -0.492 e. The van der Waals surface area contributed by atoms with Crippen LogP contribution in [-0.4, -0.2) is 79.8 Å². The van der Waals surface area contributed by atoms with Crippen LogP contribution in [0.1, 0.15) is 39.0 Å². The predicted molar refractivity (Wildman–Crippen MR) is 106 cm³/mol. The van der Waals surface area contributed by atoms with Gasteiger partial charge >= 0.3 is 0 Å². The molecule has 0 radical (unpaired) electrons. The smallest absolute Gasteiger partial charge is 0.242 e. The van der Waals surface area contributed by atoms with Gasteiger partial charge in [-0.05, 0) is 32.7 Å². The van der Waals surface area contributed by atoms with Gasteiger partial charge in [0.15, 0.2) is 11.5 Å². The van der Waals surface area contributed by atoms with E-state index in [1.165, 1.54) is 26.4 Å². The number of nitrogens with zero attached hydrogens (tertiary/aromatic N) is 2. The number of methoxy groups -OCH3 is 1. The van der Waals surface area contributed by atoms with E-state index in [0.717, 1.165) is 12.8 Å². The molecular formula is C22H30N2O5. The molecule has 0 aromatic rings. The third kappa shape index (κ3) is 3.15. The van der Waals surface area contributed by atoms with Gasteiger partial charge in [0, 0.05) is 30.3 Å². The van der Waals surface area contributed by atoms with Crippen LogP contribution >= 0.6 is 0 Å². The summed E-state index contributed by atoms with van der Waals surface area (Å²) in [6.45, 7) is 2.49. The van der Waals surface area contributed by atoms with Crippen LogP contribution in [0.25, 0.3) is 0 Å². The summed E-state index contributed by atoms with van der Waals surface area (Å²) in [6, 6.07) is -0.920. The second-order valence-corrected chi connectivity index (χ2v) is 8.75. The molecule has 1 amide bonds. The number of allylic oxidation sites excluding steroid dienone is 2. The van der Waals surface area contributed by atoms with Crippen molar-refractivity contribution in [3.05, 3.63) is 22.5 Å². The Morgan fingerprint density at radius 1 is 1.00 bits per heavy atom. The fourth-order valence-electron chi connectivity index (χ4n) is 5.34. The van der Waals surface area contributed by atoms with Gasteiger partial charge in [-0.15, -0.1) is 0 Å². The summed E-state index contributed by atoms with van der Waals surface area (Å²) in [5.41, 5.74) is 1.11. The first-order valence-corrected chi connectivity index (χ1v) is 10.5. The summed E-state index contributed by atoms with van der Waals surface area (Å²) >= 11 is 0. The minimum absolute atomic E-state index is 0.0663. The van der Waals surface area contributed by atoms with Crippen molar-refractivity contribution in [2.24, 2.45) is 5.92 Å². The van der Waals surface area contributed by atoms with Gasteiger partial charge in [0.25, 0.3) is 0 Å². The van der Waals surface area contributed by atoms with E-state index >= 15 is 0 Å². The maximum atomic E-state index is 13.3. The number of fused-ring (bicyclic) bond motifs is 3. The molecule has 2 aliphatic heterocycles. The van der Waals surface area contributed by atoms with Crippen molar-refractivity contribution in [2.45, 2.75) is 57.2 Å². The SMILES string of the molecule is COC1=C(C)C(=O)C2=C(C1=O)[C@@H]1CN(C)C(=O)[C@H]([C@H]2OCC2CCCCC2)N1C. The number of carbonyl (C=O) groups is 3. The molecule has 0 aromatic heterocycles. The fourth-order valence-corrected chi connectivity index (χ4v) is 5.34. The van der Waals surface area contributed by atoms with Gasteiger partial charge in [0.1, 0.15) is 12.1 Å². The van der Waals surface area contributed by atoms with Crippen LogP contribution < -0.4 is 0 Å². The summed E-state index contributed by atoms with van der Waals surface area (Å²) in [4.78, 5) is 43.1. The molecule has 0 aromatic carbocycles. The van der Waals surface area contributed by atoms with Crippen LogP contribution in [0.4, 0.5) is 0 Å². The highest BCUT2D eigenvalue weighted by atomic mass is 16.5. The van der Waals surface area contributed by atoms with E-state index in [1.54, 1.807) is 18.9 Å². The lowest BCUT2D eigenvalue weighted by atomic mass is 9.74. The van der Waals surface area contributed by atoms with E-state index in [4.69, 9.17) is 9.47 Å². The molecule has 2 aliphatic carbocycles. The van der Waals surface area contributed by atoms with Gasteiger partial charge in [-0.25, -0.2) is 0 Å². The number of amides is 1. The number of Topliss-reactive ketones (excluding diaryl/α,β-unsaturated/α-hetero) is 2. The first-order valence-electron chi connectivity index (χ1n) is 10.5. The van der Waals surface area contributed by atoms with Crippen LogP contribution in [-0.2, 0) is 23.9 Å². The number of piperazine rings is 1. The van der Waals surface area contributed by atoms with Crippen molar-refractivity contribution in [3.63, 3.8) is 0 Å². The Kier molecular flexibility index (Phi) is 5.38. The van der Waals surface area contributed by atoms with Crippen molar-refractivity contribution in [1.29, 1.82) is 0 Å². The highest BCUT2D eigenvalue weighted by molar-refractivity contribution is 6.25. The predicted octanol–water partition coefficient (Wildman–Crippen LogP) is 1.48. The van der Waals surface area contributed by atoms with E-state index < -0.39 is 12.1 Å². The largest absolute Gasteiger partial charge is 0.492 e. The van der Waals surface area contributed by atoms with Crippen LogP contribution in [0, 0.1) is 5.92 Å². The lowest BCUT2D eigenvalue weighted by molar-refractivity contribution is -0.152. The monoisotopic (exact) mass is 402 g/mol. The molecule has 4 aliphatic rings. The molecule has 2 bridgehead atoms. The maximum absolute atomic E-state index is 13.3. The summed E-state index contributed by atoms with van der Waals surface area (Å²) in [6.07, 6.45) is 5.12. The van der Waals surface area contributed by atoms with E-state index in [0.29, 0.717) is 35.8 Å². The molecular weight excluding hydrogens is 372 g/mol. The zero-order valence-corrected chi connectivity index (χ0v) is 17.7. The van der Waals surface area contributed by atoms with Gasteiger partial charge < -0.3 is 14.4 Å². The molecule has 0 unspecified atom stereocenters. The number of likely N-dealkylation sites (N-methyl/N-ethyl adjacent to an activating group) is 2. The molecule has 158 valence electrons. The van der Waals surface area contributed by atoms with Crippen molar-refractivity contribution < 1.29 is 23.9 Å². The number of ether oxygens (including phenoxy) is 2. The second kappa shape index (κ2) is 7.69. The highest BCUT2D eigenvalue weighted by Gasteiger charge is 2.55. The maximum Gasteiger partial charge on any atom is 0.242 e. The quantitative estimate of drug-likeness (QED) is 0.663. The van der Waals surface area contributed by atoms with E-state index in [2.05, 4.69) is 0 Å². The lowest BCUT2D eigenvalue weighted by Crippen LogP contribution is -2.68. The first-order chi connectivity index (χ1) is 13.9. The van der Waals surface area contributed by atoms with E-state index in [-0.39, 0.29) is 29.3 Å². The Morgan fingerprint density at radius 3 is 2.34 bits per heavy atom. The Hall–Kier alpha value is -1.99. The highest BCUT2D eigenvalue weighted by Crippen LogP contribution is 2.40. The Balaban J connectivity index is 1.75. The van der Waals surface area contributed by atoms with Crippen molar-refractivity contribution >= 4 is 17.5 Å². The molecule has 1 saturated heterocycles. The van der Waals surface area contributed by atoms with Gasteiger partial charge in [0.05, 0.1) is 19.8 Å². The Labute approximate surface area is 171 Å². The molecule has 2 heterocycles. The molecule has 3 atom stereocenters. The normalized spacial score (nSPS) is 31.5. The van der Waals surface area contributed by atoms with Crippen LogP contribution in [0.3, 0.4) is 0 Å². The second-order valence-electron chi connectivity index (χ2n) is 8.75. The summed E-state index contributed by atoms with van der Waals surface area (Å²) in [5, 5.41) is 0. The Morgan fingerprint density at radius 2 is 1.69 bits per heavy atom. The zero-order valence-electron chi connectivity index (χ0n) is 17.7. The lowest BCUT2D eigenvalue weighted by Gasteiger charge is -2.51. The average molecular weight is 402 g/mol. The summed E-state index contributed by atoms with van der Waals surface area (Å²) < 4.78 is 11.6. The molecule has 7 heteroatoms. The number of ketones is 2. The van der Waals surface area contributed by atoms with E-state index in [1.807, 2.05) is 11.9 Å². The zero-order chi connectivity index (χ0) is 20.9. The van der Waals surface area contributed by atoms with Crippen molar-refractivity contribution in [3.8, 4) is 0 Å². The van der Waals surface area contributed by atoms with Crippen LogP contribution in [0.5, 0.6) is 0 Å². The van der Waals surface area contributed by atoms with Gasteiger partial charge in [-0.2, -0.15) is 0 Å². The number of hydrogen-bond donors (Lipinski definition) is 0. The van der Waals surface area contributed by atoms with Crippen LogP contribution in [0.15, 0.2) is 22.5 Å². The van der Waals surface area contributed by atoms with Gasteiger partial charge in [-0.1, -0.05) is 19.3 Å². The molecule has 2 fully saturated rings. The topological polar surface area (TPSA) is 76.2 Å². The molecule has 0 spiro atoms. The average Bonchev–Trinajstić information content (AvgIpc) is 2.71. The molecule has 7 nitrogen and oxygen atoms in total.